The lowest BCUT2D eigenvalue weighted by molar-refractivity contribution is 0.187. The number of benzene rings is 1. The van der Waals surface area contributed by atoms with Gasteiger partial charge in [-0.05, 0) is 56.2 Å². The Labute approximate surface area is 158 Å². The van der Waals surface area contributed by atoms with Gasteiger partial charge in [0.05, 0.1) is 0 Å². The van der Waals surface area contributed by atoms with Crippen LogP contribution in [0.4, 0.5) is 4.39 Å². The molecule has 0 aliphatic carbocycles. The van der Waals surface area contributed by atoms with Gasteiger partial charge in [-0.2, -0.15) is 0 Å². The summed E-state index contributed by atoms with van der Waals surface area (Å²) in [6.45, 7) is 11.8. The number of nitrogens with one attached hydrogen (secondary N) is 2. The van der Waals surface area contributed by atoms with E-state index in [1.165, 1.54) is 25.5 Å². The van der Waals surface area contributed by atoms with E-state index in [1.54, 1.807) is 12.1 Å². The van der Waals surface area contributed by atoms with E-state index in [4.69, 9.17) is 4.99 Å². The second-order valence-electron chi connectivity index (χ2n) is 7.61. The number of guanidine groups is 1. The fourth-order valence-corrected chi connectivity index (χ4v) is 3.46. The standard InChI is InChI=1S/C21H35FN4/c1-4-23-21(24-12-6-8-18-7-5-9-19(22)15-18)25-20-10-13-26(14-11-20)16-17(2)3/h5,7,9,15,17,20H,4,6,8,10-14,16H2,1-3H3,(H2,23,24,25). The first-order chi connectivity index (χ1) is 12.6. The number of halogens is 1. The summed E-state index contributed by atoms with van der Waals surface area (Å²) in [7, 11) is 0. The summed E-state index contributed by atoms with van der Waals surface area (Å²) in [6, 6.07) is 7.34. The molecular formula is C21H35FN4. The summed E-state index contributed by atoms with van der Waals surface area (Å²) in [4.78, 5) is 7.26. The van der Waals surface area contributed by atoms with Crippen LogP contribution in [0.2, 0.25) is 0 Å². The summed E-state index contributed by atoms with van der Waals surface area (Å²) in [6.07, 6.45) is 4.11. The molecule has 1 aromatic rings. The molecule has 1 saturated heterocycles. The Balaban J connectivity index is 1.74. The molecule has 0 saturated carbocycles. The molecule has 0 atom stereocenters. The molecule has 26 heavy (non-hydrogen) atoms. The maximum absolute atomic E-state index is 13.2. The van der Waals surface area contributed by atoms with Crippen LogP contribution >= 0.6 is 0 Å². The fraction of sp³-hybridized carbons (Fsp3) is 0.667. The van der Waals surface area contributed by atoms with Crippen LogP contribution in [0.15, 0.2) is 29.3 Å². The molecule has 5 heteroatoms. The van der Waals surface area contributed by atoms with Gasteiger partial charge >= 0.3 is 0 Å². The summed E-state index contributed by atoms with van der Waals surface area (Å²) >= 11 is 0. The van der Waals surface area contributed by atoms with E-state index in [0.717, 1.165) is 56.5 Å². The third-order valence-corrected chi connectivity index (χ3v) is 4.68. The Morgan fingerprint density at radius 1 is 1.31 bits per heavy atom. The number of rotatable bonds is 8. The van der Waals surface area contributed by atoms with Gasteiger partial charge in [0.1, 0.15) is 5.82 Å². The molecule has 146 valence electrons. The highest BCUT2D eigenvalue weighted by Crippen LogP contribution is 2.12. The highest BCUT2D eigenvalue weighted by Gasteiger charge is 2.20. The van der Waals surface area contributed by atoms with Crippen LogP contribution in [0.3, 0.4) is 0 Å². The van der Waals surface area contributed by atoms with Crippen LogP contribution < -0.4 is 10.6 Å². The predicted octanol–water partition coefficient (Wildman–Crippen LogP) is 3.43. The first kappa shape index (κ1) is 20.7. The van der Waals surface area contributed by atoms with Crippen molar-refractivity contribution >= 4 is 5.96 Å². The number of aryl methyl sites for hydroxylation is 1. The van der Waals surface area contributed by atoms with Crippen molar-refractivity contribution in [2.75, 3.05) is 32.7 Å². The van der Waals surface area contributed by atoms with Crippen molar-refractivity contribution in [1.29, 1.82) is 0 Å². The lowest BCUT2D eigenvalue weighted by Gasteiger charge is -2.34. The predicted molar refractivity (Wildman–Crippen MR) is 108 cm³/mol. The SMILES string of the molecule is CCNC(=NCCCc1cccc(F)c1)NC1CCN(CC(C)C)CC1. The number of hydrogen-bond donors (Lipinski definition) is 2. The third-order valence-electron chi connectivity index (χ3n) is 4.68. The summed E-state index contributed by atoms with van der Waals surface area (Å²) in [5.41, 5.74) is 1.04. The highest BCUT2D eigenvalue weighted by molar-refractivity contribution is 5.80. The quantitative estimate of drug-likeness (QED) is 0.423. The van der Waals surface area contributed by atoms with Crippen molar-refractivity contribution in [2.45, 2.75) is 52.5 Å². The van der Waals surface area contributed by atoms with Gasteiger partial charge in [0.25, 0.3) is 0 Å². The number of likely N-dealkylation sites (tertiary alicyclic amines) is 1. The van der Waals surface area contributed by atoms with E-state index in [1.807, 2.05) is 6.07 Å². The molecule has 2 rings (SSSR count). The van der Waals surface area contributed by atoms with E-state index >= 15 is 0 Å². The smallest absolute Gasteiger partial charge is 0.191 e. The Bertz CT molecular complexity index is 551. The molecule has 1 aliphatic rings. The molecule has 4 nitrogen and oxygen atoms in total. The number of aliphatic imine (C=N–C) groups is 1. The van der Waals surface area contributed by atoms with Crippen molar-refractivity contribution in [3.8, 4) is 0 Å². The minimum atomic E-state index is -0.162. The van der Waals surface area contributed by atoms with Crippen molar-refractivity contribution in [3.05, 3.63) is 35.6 Å². The van der Waals surface area contributed by atoms with E-state index < -0.39 is 0 Å². The van der Waals surface area contributed by atoms with Crippen LogP contribution in [0, 0.1) is 11.7 Å². The van der Waals surface area contributed by atoms with Crippen LogP contribution in [-0.4, -0.2) is 49.6 Å². The van der Waals surface area contributed by atoms with Crippen molar-refractivity contribution < 1.29 is 4.39 Å². The molecular weight excluding hydrogens is 327 g/mol. The zero-order chi connectivity index (χ0) is 18.8. The zero-order valence-electron chi connectivity index (χ0n) is 16.6. The summed E-state index contributed by atoms with van der Waals surface area (Å²) in [5, 5.41) is 6.94. The van der Waals surface area contributed by atoms with Gasteiger partial charge < -0.3 is 15.5 Å². The minimum Gasteiger partial charge on any atom is -0.357 e. The molecule has 1 fully saturated rings. The monoisotopic (exact) mass is 362 g/mol. The Kier molecular flexibility index (Phi) is 8.89. The lowest BCUT2D eigenvalue weighted by Crippen LogP contribution is -2.49. The largest absolute Gasteiger partial charge is 0.357 e. The fourth-order valence-electron chi connectivity index (χ4n) is 3.46. The normalized spacial score (nSPS) is 16.9. The second kappa shape index (κ2) is 11.2. The van der Waals surface area contributed by atoms with Crippen molar-refractivity contribution in [3.63, 3.8) is 0 Å². The van der Waals surface area contributed by atoms with E-state index in [0.29, 0.717) is 6.04 Å². The number of nitrogens with zero attached hydrogens (tertiary/aromatic N) is 2. The van der Waals surface area contributed by atoms with Gasteiger partial charge in [-0.1, -0.05) is 26.0 Å². The van der Waals surface area contributed by atoms with Crippen LogP contribution in [0.1, 0.15) is 45.6 Å². The van der Waals surface area contributed by atoms with Crippen LogP contribution in [-0.2, 0) is 6.42 Å². The van der Waals surface area contributed by atoms with E-state index in [9.17, 15) is 4.39 Å². The molecule has 1 heterocycles. The van der Waals surface area contributed by atoms with Gasteiger partial charge in [-0.3, -0.25) is 4.99 Å². The first-order valence-electron chi connectivity index (χ1n) is 10.1. The maximum atomic E-state index is 13.2. The lowest BCUT2D eigenvalue weighted by atomic mass is 10.0. The molecule has 1 aliphatic heterocycles. The maximum Gasteiger partial charge on any atom is 0.191 e. The Morgan fingerprint density at radius 3 is 2.73 bits per heavy atom. The second-order valence-corrected chi connectivity index (χ2v) is 7.61. The first-order valence-corrected chi connectivity index (χ1v) is 10.1. The van der Waals surface area contributed by atoms with Gasteiger partial charge in [0.2, 0.25) is 0 Å². The van der Waals surface area contributed by atoms with E-state index in [-0.39, 0.29) is 5.82 Å². The average Bonchev–Trinajstić information content (AvgIpc) is 2.60. The third kappa shape index (κ3) is 7.73. The molecule has 1 aromatic carbocycles. The Hall–Kier alpha value is -1.62. The van der Waals surface area contributed by atoms with Crippen LogP contribution in [0.25, 0.3) is 0 Å². The molecule has 0 unspecified atom stereocenters. The summed E-state index contributed by atoms with van der Waals surface area (Å²) < 4.78 is 13.2. The molecule has 2 N–H and O–H groups in total. The van der Waals surface area contributed by atoms with Gasteiger partial charge in [-0.25, -0.2) is 4.39 Å². The topological polar surface area (TPSA) is 39.7 Å². The van der Waals surface area contributed by atoms with Gasteiger partial charge in [0.15, 0.2) is 5.96 Å². The number of hydrogen-bond acceptors (Lipinski definition) is 2. The minimum absolute atomic E-state index is 0.162. The molecule has 0 aromatic heterocycles. The molecule has 0 amide bonds. The Morgan fingerprint density at radius 2 is 2.08 bits per heavy atom. The van der Waals surface area contributed by atoms with E-state index in [2.05, 4.69) is 36.3 Å². The average molecular weight is 363 g/mol. The molecule has 0 spiro atoms. The summed E-state index contributed by atoms with van der Waals surface area (Å²) in [5.74, 6) is 1.48. The highest BCUT2D eigenvalue weighted by atomic mass is 19.1. The molecule has 0 radical (unpaired) electrons. The van der Waals surface area contributed by atoms with Gasteiger partial charge in [0, 0.05) is 38.8 Å². The zero-order valence-corrected chi connectivity index (χ0v) is 16.6. The number of piperidine rings is 1. The van der Waals surface area contributed by atoms with Gasteiger partial charge in [-0.15, -0.1) is 0 Å². The van der Waals surface area contributed by atoms with Crippen LogP contribution in [0.5, 0.6) is 0 Å². The molecule has 0 bridgehead atoms. The van der Waals surface area contributed by atoms with Crippen molar-refractivity contribution in [1.82, 2.24) is 15.5 Å². The van der Waals surface area contributed by atoms with Crippen molar-refractivity contribution in [2.24, 2.45) is 10.9 Å².